The molecule has 0 nitrogen and oxygen atoms in total. The van der Waals surface area contributed by atoms with E-state index in [0.29, 0.717) is 0 Å². The molecule has 0 unspecified atom stereocenters. The van der Waals surface area contributed by atoms with Crippen LogP contribution in [0.3, 0.4) is 0 Å². The molecule has 2 aromatic carbocycles. The molecule has 0 aromatic heterocycles. The van der Waals surface area contributed by atoms with Gasteiger partial charge in [-0.05, 0) is 47.2 Å². The van der Waals surface area contributed by atoms with E-state index in [0.717, 1.165) is 6.42 Å². The topological polar surface area (TPSA) is 0 Å². The quantitative estimate of drug-likeness (QED) is 0.557. The minimum Gasteiger partial charge on any atom is -0.0807 e. The predicted molar refractivity (Wildman–Crippen MR) is 107 cm³/mol. The van der Waals surface area contributed by atoms with Crippen molar-refractivity contribution in [2.45, 2.75) is 13.3 Å². The van der Waals surface area contributed by atoms with Gasteiger partial charge in [-0.1, -0.05) is 97.1 Å². The van der Waals surface area contributed by atoms with Gasteiger partial charge in [-0.3, -0.25) is 0 Å². The zero-order valence-electron chi connectivity index (χ0n) is 14.0. The number of hydrogen-bond acceptors (Lipinski definition) is 0. The molecule has 0 radical (unpaired) electrons. The number of rotatable bonds is 4. The lowest BCUT2D eigenvalue weighted by Crippen LogP contribution is -1.81. The van der Waals surface area contributed by atoms with Crippen molar-refractivity contribution in [3.05, 3.63) is 113 Å². The maximum atomic E-state index is 2.22. The van der Waals surface area contributed by atoms with Crippen LogP contribution < -0.4 is 0 Å². The number of allylic oxidation sites excluding steroid dienone is 7. The van der Waals surface area contributed by atoms with Gasteiger partial charge in [-0.15, -0.1) is 0 Å². The third-order valence-electron chi connectivity index (χ3n) is 3.87. The number of aryl methyl sites for hydroxylation is 1. The number of hydrogen-bond donors (Lipinski definition) is 0. The summed E-state index contributed by atoms with van der Waals surface area (Å²) in [5, 5.41) is 0. The van der Waals surface area contributed by atoms with Gasteiger partial charge in [0.15, 0.2) is 0 Å². The van der Waals surface area contributed by atoms with Gasteiger partial charge in [0.2, 0.25) is 0 Å². The van der Waals surface area contributed by atoms with Gasteiger partial charge in [0.1, 0.15) is 0 Å². The Bertz CT molecular complexity index is 828. The summed E-state index contributed by atoms with van der Waals surface area (Å²) in [6, 6.07) is 17.0. The average Bonchev–Trinajstić information content (AvgIpc) is 2.88. The summed E-state index contributed by atoms with van der Waals surface area (Å²) in [5.74, 6) is 0. The minimum atomic E-state index is 1.01. The molecule has 0 saturated heterocycles. The molecule has 0 aliphatic heterocycles. The Morgan fingerprint density at radius 3 is 2.25 bits per heavy atom. The highest BCUT2D eigenvalue weighted by Crippen LogP contribution is 2.16. The second kappa shape index (κ2) is 8.12. The third kappa shape index (κ3) is 4.82. The zero-order chi connectivity index (χ0) is 16.6. The van der Waals surface area contributed by atoms with Crippen LogP contribution in [0.5, 0.6) is 0 Å². The SMILES string of the molecule is Cc1cc(/C=C/C2=CC=CCC=C2)cc(/C=C/c2ccccc2)c1. The van der Waals surface area contributed by atoms with Crippen LogP contribution in [0.1, 0.15) is 28.7 Å². The van der Waals surface area contributed by atoms with E-state index in [2.05, 4.69) is 104 Å². The Morgan fingerprint density at radius 1 is 0.750 bits per heavy atom. The maximum absolute atomic E-state index is 2.22. The third-order valence-corrected chi connectivity index (χ3v) is 3.87. The van der Waals surface area contributed by atoms with Crippen molar-refractivity contribution in [2.75, 3.05) is 0 Å². The maximum Gasteiger partial charge on any atom is -0.0163 e. The number of benzene rings is 2. The molecule has 0 amide bonds. The van der Waals surface area contributed by atoms with Gasteiger partial charge in [0, 0.05) is 0 Å². The van der Waals surface area contributed by atoms with Crippen LogP contribution in [0, 0.1) is 6.92 Å². The Hall–Kier alpha value is -2.86. The molecule has 24 heavy (non-hydrogen) atoms. The lowest BCUT2D eigenvalue weighted by Gasteiger charge is -2.02. The summed E-state index contributed by atoms with van der Waals surface area (Å²) in [7, 11) is 0. The molecule has 0 spiro atoms. The van der Waals surface area contributed by atoms with E-state index in [1.807, 2.05) is 6.07 Å². The Morgan fingerprint density at radius 2 is 1.46 bits per heavy atom. The van der Waals surface area contributed by atoms with Crippen LogP contribution in [-0.4, -0.2) is 0 Å². The molecule has 3 rings (SSSR count). The van der Waals surface area contributed by atoms with E-state index in [-0.39, 0.29) is 0 Å². The molecular weight excluding hydrogens is 288 g/mol. The lowest BCUT2D eigenvalue weighted by atomic mass is 10.0. The van der Waals surface area contributed by atoms with Crippen molar-refractivity contribution in [3.63, 3.8) is 0 Å². The minimum absolute atomic E-state index is 1.01. The van der Waals surface area contributed by atoms with Gasteiger partial charge in [-0.25, -0.2) is 0 Å². The molecule has 1 aliphatic carbocycles. The van der Waals surface area contributed by atoms with Crippen LogP contribution in [0.15, 0.2) is 90.6 Å². The fourth-order valence-corrected chi connectivity index (χ4v) is 2.69. The largest absolute Gasteiger partial charge is 0.0807 e. The summed E-state index contributed by atoms with van der Waals surface area (Å²) in [6.45, 7) is 2.14. The smallest absolute Gasteiger partial charge is 0.0163 e. The van der Waals surface area contributed by atoms with Crippen LogP contribution >= 0.6 is 0 Å². The molecule has 1 aliphatic rings. The van der Waals surface area contributed by atoms with Gasteiger partial charge >= 0.3 is 0 Å². The predicted octanol–water partition coefficient (Wildman–Crippen LogP) is 6.62. The molecule has 0 heterocycles. The first-order valence-corrected chi connectivity index (χ1v) is 8.36. The molecule has 0 fully saturated rings. The Kier molecular flexibility index (Phi) is 5.42. The lowest BCUT2D eigenvalue weighted by molar-refractivity contribution is 1.40. The summed E-state index contributed by atoms with van der Waals surface area (Å²) in [4.78, 5) is 0. The standard InChI is InChI=1S/C24H22/c1-20-17-23(15-13-21-9-5-2-3-6-10-21)19-24(18-20)16-14-22-11-7-4-8-12-22/h2,4-19H,3H2,1H3/b15-13+,16-14+. The van der Waals surface area contributed by atoms with Crippen molar-refractivity contribution in [1.29, 1.82) is 0 Å². The van der Waals surface area contributed by atoms with E-state index < -0.39 is 0 Å². The van der Waals surface area contributed by atoms with Gasteiger partial charge in [-0.2, -0.15) is 0 Å². The first-order chi connectivity index (χ1) is 11.8. The molecule has 0 heteroatoms. The monoisotopic (exact) mass is 310 g/mol. The van der Waals surface area contributed by atoms with Crippen LogP contribution in [0.4, 0.5) is 0 Å². The summed E-state index contributed by atoms with van der Waals surface area (Å²) >= 11 is 0. The van der Waals surface area contributed by atoms with Crippen LogP contribution in [-0.2, 0) is 0 Å². The Labute approximate surface area is 144 Å². The van der Waals surface area contributed by atoms with E-state index >= 15 is 0 Å². The summed E-state index contributed by atoms with van der Waals surface area (Å²) in [6.07, 6.45) is 20.5. The van der Waals surface area contributed by atoms with Gasteiger partial charge in [0.05, 0.1) is 0 Å². The van der Waals surface area contributed by atoms with Crippen LogP contribution in [0.2, 0.25) is 0 Å². The summed E-state index contributed by atoms with van der Waals surface area (Å²) in [5.41, 5.74) is 6.17. The summed E-state index contributed by atoms with van der Waals surface area (Å²) < 4.78 is 0. The molecule has 2 aromatic rings. The van der Waals surface area contributed by atoms with Gasteiger partial charge in [0.25, 0.3) is 0 Å². The molecular formula is C24H22. The highest BCUT2D eigenvalue weighted by Gasteiger charge is 1.95. The second-order valence-corrected chi connectivity index (χ2v) is 5.99. The van der Waals surface area contributed by atoms with Crippen molar-refractivity contribution in [1.82, 2.24) is 0 Å². The zero-order valence-corrected chi connectivity index (χ0v) is 14.0. The van der Waals surface area contributed by atoms with E-state index in [1.165, 1.54) is 27.8 Å². The normalized spacial score (nSPS) is 14.3. The fraction of sp³-hybridized carbons (Fsp3) is 0.0833. The second-order valence-electron chi connectivity index (χ2n) is 5.99. The van der Waals surface area contributed by atoms with Gasteiger partial charge < -0.3 is 0 Å². The van der Waals surface area contributed by atoms with Crippen molar-refractivity contribution < 1.29 is 0 Å². The van der Waals surface area contributed by atoms with E-state index in [4.69, 9.17) is 0 Å². The molecule has 0 atom stereocenters. The highest BCUT2D eigenvalue weighted by atomic mass is 14.0. The molecule has 0 saturated carbocycles. The molecule has 0 bridgehead atoms. The van der Waals surface area contributed by atoms with E-state index in [9.17, 15) is 0 Å². The fourth-order valence-electron chi connectivity index (χ4n) is 2.69. The van der Waals surface area contributed by atoms with E-state index in [1.54, 1.807) is 0 Å². The van der Waals surface area contributed by atoms with Crippen molar-refractivity contribution >= 4 is 18.2 Å². The first-order valence-electron chi connectivity index (χ1n) is 8.36. The molecule has 118 valence electrons. The van der Waals surface area contributed by atoms with Crippen LogP contribution in [0.25, 0.3) is 18.2 Å². The van der Waals surface area contributed by atoms with Crippen molar-refractivity contribution in [2.24, 2.45) is 0 Å². The average molecular weight is 310 g/mol. The Balaban J connectivity index is 1.80. The highest BCUT2D eigenvalue weighted by molar-refractivity contribution is 5.71. The van der Waals surface area contributed by atoms with Crippen molar-refractivity contribution in [3.8, 4) is 0 Å². The first kappa shape index (κ1) is 16.0. The molecule has 0 N–H and O–H groups in total.